The number of ether oxygens (including phenoxy) is 2. The Morgan fingerprint density at radius 2 is 1.96 bits per heavy atom. The summed E-state index contributed by atoms with van der Waals surface area (Å²) in [5.41, 5.74) is 1.09. The van der Waals surface area contributed by atoms with Gasteiger partial charge in [0.15, 0.2) is 5.96 Å². The van der Waals surface area contributed by atoms with Crippen LogP contribution in [0.1, 0.15) is 19.4 Å². The SMILES string of the molecule is CCNC(=NCc1ccccc1OCC)NCCN(C)CCOC. The lowest BCUT2D eigenvalue weighted by atomic mass is 10.2. The Hall–Kier alpha value is -1.79. The van der Waals surface area contributed by atoms with E-state index in [4.69, 9.17) is 9.47 Å². The van der Waals surface area contributed by atoms with Crippen LogP contribution in [-0.2, 0) is 11.3 Å². The van der Waals surface area contributed by atoms with E-state index in [0.717, 1.165) is 50.1 Å². The molecule has 6 heteroatoms. The molecular formula is C18H32N4O2. The Labute approximate surface area is 146 Å². The molecule has 0 radical (unpaired) electrons. The standard InChI is InChI=1S/C18H32N4O2/c1-5-19-18(20-11-12-22(3)13-14-23-4)21-15-16-9-7-8-10-17(16)24-6-2/h7-10H,5-6,11-15H2,1-4H3,(H2,19,20,21). The van der Waals surface area contributed by atoms with Crippen LogP contribution in [0.3, 0.4) is 0 Å². The van der Waals surface area contributed by atoms with Gasteiger partial charge in [0.05, 0.1) is 19.8 Å². The van der Waals surface area contributed by atoms with Crippen molar-refractivity contribution in [3.63, 3.8) is 0 Å². The predicted octanol–water partition coefficient (Wildman–Crippen LogP) is 1.72. The second-order valence-electron chi connectivity index (χ2n) is 5.46. The summed E-state index contributed by atoms with van der Waals surface area (Å²) in [5, 5.41) is 6.64. The van der Waals surface area contributed by atoms with E-state index in [1.165, 1.54) is 0 Å². The van der Waals surface area contributed by atoms with Crippen molar-refractivity contribution in [2.24, 2.45) is 4.99 Å². The predicted molar refractivity (Wildman–Crippen MR) is 99.8 cm³/mol. The number of nitrogens with zero attached hydrogens (tertiary/aromatic N) is 2. The van der Waals surface area contributed by atoms with E-state index in [9.17, 15) is 0 Å². The molecule has 6 nitrogen and oxygen atoms in total. The third kappa shape index (κ3) is 8.17. The first-order chi connectivity index (χ1) is 11.7. The zero-order valence-corrected chi connectivity index (χ0v) is 15.5. The summed E-state index contributed by atoms with van der Waals surface area (Å²) in [6, 6.07) is 8.03. The second kappa shape index (κ2) is 12.6. The van der Waals surface area contributed by atoms with Crippen molar-refractivity contribution in [3.8, 4) is 5.75 Å². The summed E-state index contributed by atoms with van der Waals surface area (Å²) in [6.45, 7) is 9.58. The maximum Gasteiger partial charge on any atom is 0.191 e. The number of para-hydroxylation sites is 1. The molecule has 0 spiro atoms. The topological polar surface area (TPSA) is 58.1 Å². The Morgan fingerprint density at radius 1 is 1.17 bits per heavy atom. The van der Waals surface area contributed by atoms with E-state index < -0.39 is 0 Å². The maximum absolute atomic E-state index is 5.65. The maximum atomic E-state index is 5.65. The lowest BCUT2D eigenvalue weighted by molar-refractivity contribution is 0.162. The van der Waals surface area contributed by atoms with Crippen LogP contribution in [0, 0.1) is 0 Å². The van der Waals surface area contributed by atoms with Gasteiger partial charge in [0.2, 0.25) is 0 Å². The van der Waals surface area contributed by atoms with Gasteiger partial charge in [-0.15, -0.1) is 0 Å². The highest BCUT2D eigenvalue weighted by Crippen LogP contribution is 2.18. The fraction of sp³-hybridized carbons (Fsp3) is 0.611. The van der Waals surface area contributed by atoms with Crippen molar-refractivity contribution < 1.29 is 9.47 Å². The van der Waals surface area contributed by atoms with Crippen LogP contribution in [0.4, 0.5) is 0 Å². The molecule has 0 aliphatic rings. The average molecular weight is 336 g/mol. The third-order valence-electron chi connectivity index (χ3n) is 3.49. The summed E-state index contributed by atoms with van der Waals surface area (Å²) in [4.78, 5) is 6.88. The Morgan fingerprint density at radius 3 is 2.67 bits per heavy atom. The largest absolute Gasteiger partial charge is 0.494 e. The highest BCUT2D eigenvalue weighted by Gasteiger charge is 2.03. The van der Waals surface area contributed by atoms with Gasteiger partial charge in [-0.05, 0) is 27.0 Å². The van der Waals surface area contributed by atoms with Crippen molar-refractivity contribution >= 4 is 5.96 Å². The number of likely N-dealkylation sites (N-methyl/N-ethyl adjacent to an activating group) is 1. The van der Waals surface area contributed by atoms with Crippen LogP contribution in [0.25, 0.3) is 0 Å². The molecule has 24 heavy (non-hydrogen) atoms. The molecule has 0 saturated carbocycles. The van der Waals surface area contributed by atoms with Gasteiger partial charge >= 0.3 is 0 Å². The number of aliphatic imine (C=N–C) groups is 1. The van der Waals surface area contributed by atoms with Gasteiger partial charge in [-0.1, -0.05) is 18.2 Å². The van der Waals surface area contributed by atoms with Gasteiger partial charge in [-0.2, -0.15) is 0 Å². The summed E-state index contributed by atoms with van der Waals surface area (Å²) in [6.07, 6.45) is 0. The van der Waals surface area contributed by atoms with Crippen molar-refractivity contribution in [1.82, 2.24) is 15.5 Å². The molecule has 0 fully saturated rings. The molecule has 1 aromatic carbocycles. The van der Waals surface area contributed by atoms with E-state index in [2.05, 4.69) is 40.6 Å². The first-order valence-electron chi connectivity index (χ1n) is 8.61. The molecule has 0 aromatic heterocycles. The molecule has 136 valence electrons. The fourth-order valence-electron chi connectivity index (χ4n) is 2.16. The molecule has 0 atom stereocenters. The lowest BCUT2D eigenvalue weighted by Crippen LogP contribution is -2.41. The smallest absolute Gasteiger partial charge is 0.191 e. The molecule has 2 N–H and O–H groups in total. The first-order valence-corrected chi connectivity index (χ1v) is 8.61. The molecule has 0 saturated heterocycles. The minimum absolute atomic E-state index is 0.588. The summed E-state index contributed by atoms with van der Waals surface area (Å²) in [5.74, 6) is 1.72. The second-order valence-corrected chi connectivity index (χ2v) is 5.46. The highest BCUT2D eigenvalue weighted by molar-refractivity contribution is 5.79. The van der Waals surface area contributed by atoms with Gasteiger partial charge in [-0.3, -0.25) is 0 Å². The minimum atomic E-state index is 0.588. The van der Waals surface area contributed by atoms with Gasteiger partial charge in [0.25, 0.3) is 0 Å². The van der Waals surface area contributed by atoms with Crippen molar-refractivity contribution in [2.75, 3.05) is 53.6 Å². The Bertz CT molecular complexity index is 480. The van der Waals surface area contributed by atoms with E-state index in [1.54, 1.807) is 7.11 Å². The number of rotatable bonds is 11. The van der Waals surface area contributed by atoms with Gasteiger partial charge < -0.3 is 25.0 Å². The normalized spacial score (nSPS) is 11.6. The number of guanidine groups is 1. The quantitative estimate of drug-likeness (QED) is 0.476. The number of hydrogen-bond acceptors (Lipinski definition) is 4. The monoisotopic (exact) mass is 336 g/mol. The molecule has 0 aliphatic heterocycles. The van der Waals surface area contributed by atoms with Crippen LogP contribution in [-0.4, -0.2) is 64.4 Å². The zero-order chi connectivity index (χ0) is 17.6. The number of benzene rings is 1. The number of hydrogen-bond donors (Lipinski definition) is 2. The van der Waals surface area contributed by atoms with Crippen LogP contribution >= 0.6 is 0 Å². The Kier molecular flexibility index (Phi) is 10.6. The molecule has 0 unspecified atom stereocenters. The number of methoxy groups -OCH3 is 1. The van der Waals surface area contributed by atoms with Gasteiger partial charge in [-0.25, -0.2) is 4.99 Å². The first kappa shape index (κ1) is 20.3. The zero-order valence-electron chi connectivity index (χ0n) is 15.5. The molecule has 0 heterocycles. The average Bonchev–Trinajstić information content (AvgIpc) is 2.59. The molecule has 0 amide bonds. The van der Waals surface area contributed by atoms with Crippen LogP contribution < -0.4 is 15.4 Å². The summed E-state index contributed by atoms with van der Waals surface area (Å²) in [7, 11) is 3.81. The number of nitrogens with one attached hydrogen (secondary N) is 2. The van der Waals surface area contributed by atoms with Crippen molar-refractivity contribution in [1.29, 1.82) is 0 Å². The van der Waals surface area contributed by atoms with E-state index in [-0.39, 0.29) is 0 Å². The lowest BCUT2D eigenvalue weighted by Gasteiger charge is -2.18. The summed E-state index contributed by atoms with van der Waals surface area (Å²) < 4.78 is 10.7. The molecule has 0 aliphatic carbocycles. The van der Waals surface area contributed by atoms with Crippen molar-refractivity contribution in [3.05, 3.63) is 29.8 Å². The minimum Gasteiger partial charge on any atom is -0.494 e. The molecule has 1 aromatic rings. The fourth-order valence-corrected chi connectivity index (χ4v) is 2.16. The van der Waals surface area contributed by atoms with E-state index >= 15 is 0 Å². The van der Waals surface area contributed by atoms with E-state index in [0.29, 0.717) is 13.2 Å². The van der Waals surface area contributed by atoms with Crippen LogP contribution in [0.5, 0.6) is 5.75 Å². The Balaban J connectivity index is 2.53. The van der Waals surface area contributed by atoms with Gasteiger partial charge in [0, 0.05) is 38.9 Å². The molecule has 0 bridgehead atoms. The van der Waals surface area contributed by atoms with Gasteiger partial charge in [0.1, 0.15) is 5.75 Å². The third-order valence-corrected chi connectivity index (χ3v) is 3.49. The van der Waals surface area contributed by atoms with Crippen LogP contribution in [0.2, 0.25) is 0 Å². The highest BCUT2D eigenvalue weighted by atomic mass is 16.5. The summed E-state index contributed by atoms with van der Waals surface area (Å²) >= 11 is 0. The van der Waals surface area contributed by atoms with Crippen LogP contribution in [0.15, 0.2) is 29.3 Å². The van der Waals surface area contributed by atoms with E-state index in [1.807, 2.05) is 25.1 Å². The van der Waals surface area contributed by atoms with Crippen molar-refractivity contribution in [2.45, 2.75) is 20.4 Å². The molecular weight excluding hydrogens is 304 g/mol. The molecule has 1 rings (SSSR count).